The molecule has 1 saturated heterocycles. The average molecular weight is 359 g/mol. The Morgan fingerprint density at radius 3 is 2.88 bits per heavy atom. The Morgan fingerprint density at radius 2 is 2.19 bits per heavy atom. The van der Waals surface area contributed by atoms with Gasteiger partial charge in [0.15, 0.2) is 0 Å². The minimum absolute atomic E-state index is 0.0849. The largest absolute Gasteiger partial charge is 0.367 e. The van der Waals surface area contributed by atoms with Gasteiger partial charge in [-0.25, -0.2) is 4.98 Å². The minimum Gasteiger partial charge on any atom is -0.367 e. The van der Waals surface area contributed by atoms with Gasteiger partial charge in [0.05, 0.1) is 18.8 Å². The summed E-state index contributed by atoms with van der Waals surface area (Å²) in [6.07, 6.45) is 0.394. The number of morpholine rings is 1. The number of nitrogens with zero attached hydrogens (tertiary/aromatic N) is 4. The normalized spacial score (nSPS) is 17.7. The quantitative estimate of drug-likeness (QED) is 0.886. The molecule has 0 unspecified atom stereocenters. The molecule has 2 aromatic heterocycles. The predicted molar refractivity (Wildman–Crippen MR) is 95.9 cm³/mol. The highest BCUT2D eigenvalue weighted by Gasteiger charge is 2.29. The third-order valence-electron chi connectivity index (χ3n) is 4.31. The van der Waals surface area contributed by atoms with Crippen LogP contribution in [0.1, 0.15) is 47.7 Å². The fourth-order valence-corrected chi connectivity index (χ4v) is 3.16. The molecule has 1 N–H and O–H groups in total. The van der Waals surface area contributed by atoms with Gasteiger partial charge in [-0.2, -0.15) is 5.10 Å². The number of carbonyl (C=O) groups is 1. The first-order chi connectivity index (χ1) is 12.3. The summed E-state index contributed by atoms with van der Waals surface area (Å²) in [4.78, 5) is 33.4. The lowest BCUT2D eigenvalue weighted by atomic mass is 10.1. The number of H-pyrrole nitrogens is 1. The molecule has 8 heteroatoms. The van der Waals surface area contributed by atoms with E-state index in [0.29, 0.717) is 42.8 Å². The fourth-order valence-electron chi connectivity index (χ4n) is 3.16. The van der Waals surface area contributed by atoms with E-state index >= 15 is 0 Å². The molecule has 0 aromatic carbocycles. The van der Waals surface area contributed by atoms with Crippen LogP contribution >= 0.6 is 0 Å². The second kappa shape index (κ2) is 7.41. The van der Waals surface area contributed by atoms with E-state index in [-0.39, 0.29) is 11.5 Å². The monoisotopic (exact) mass is 359 g/mol. The number of hydrogen-bond donors (Lipinski definition) is 1. The molecule has 0 saturated carbocycles. The van der Waals surface area contributed by atoms with Gasteiger partial charge >= 0.3 is 0 Å². The van der Waals surface area contributed by atoms with Crippen LogP contribution in [0.3, 0.4) is 0 Å². The highest BCUT2D eigenvalue weighted by molar-refractivity contribution is 5.92. The van der Waals surface area contributed by atoms with Crippen LogP contribution in [0.4, 0.5) is 0 Å². The van der Waals surface area contributed by atoms with Crippen molar-refractivity contribution in [3.05, 3.63) is 45.4 Å². The second-order valence-corrected chi connectivity index (χ2v) is 7.13. The molecule has 140 valence electrons. The van der Waals surface area contributed by atoms with Crippen LogP contribution in [0, 0.1) is 12.8 Å². The number of ether oxygens (including phenoxy) is 1. The molecule has 1 fully saturated rings. The maximum Gasteiger partial charge on any atom is 0.272 e. The highest BCUT2D eigenvalue weighted by Crippen LogP contribution is 2.20. The predicted octanol–water partition coefficient (Wildman–Crippen LogP) is 1.22. The molecule has 8 nitrogen and oxygen atoms in total. The van der Waals surface area contributed by atoms with Gasteiger partial charge in [-0.15, -0.1) is 0 Å². The molecule has 1 atom stereocenters. The van der Waals surface area contributed by atoms with E-state index in [1.807, 2.05) is 6.07 Å². The number of aryl methyl sites for hydroxylation is 2. The van der Waals surface area contributed by atoms with Gasteiger partial charge in [-0.1, -0.05) is 13.8 Å². The third kappa shape index (κ3) is 4.01. The molecule has 0 radical (unpaired) electrons. The van der Waals surface area contributed by atoms with Crippen molar-refractivity contribution in [1.82, 2.24) is 24.6 Å². The lowest BCUT2D eigenvalue weighted by Gasteiger charge is -2.32. The van der Waals surface area contributed by atoms with Crippen LogP contribution in [0.15, 0.2) is 16.9 Å². The van der Waals surface area contributed by atoms with Crippen LogP contribution < -0.4 is 5.56 Å². The molecule has 0 bridgehead atoms. The van der Waals surface area contributed by atoms with Crippen molar-refractivity contribution < 1.29 is 9.53 Å². The second-order valence-electron chi connectivity index (χ2n) is 7.13. The molecular formula is C18H25N5O3. The number of aromatic amines is 1. The van der Waals surface area contributed by atoms with Gasteiger partial charge in [-0.05, 0) is 25.3 Å². The lowest BCUT2D eigenvalue weighted by molar-refractivity contribution is -0.0273. The van der Waals surface area contributed by atoms with E-state index in [4.69, 9.17) is 4.74 Å². The molecule has 1 aliphatic heterocycles. The molecule has 3 heterocycles. The molecule has 1 amide bonds. The molecule has 1 aliphatic rings. The molecular weight excluding hydrogens is 334 g/mol. The van der Waals surface area contributed by atoms with Crippen molar-refractivity contribution in [2.24, 2.45) is 13.0 Å². The van der Waals surface area contributed by atoms with Crippen molar-refractivity contribution in [3.8, 4) is 0 Å². The first kappa shape index (κ1) is 18.3. The van der Waals surface area contributed by atoms with Gasteiger partial charge in [0.25, 0.3) is 11.5 Å². The first-order valence-corrected chi connectivity index (χ1v) is 8.85. The first-order valence-electron chi connectivity index (χ1n) is 8.85. The highest BCUT2D eigenvalue weighted by atomic mass is 16.5. The summed E-state index contributed by atoms with van der Waals surface area (Å²) in [7, 11) is 1.79. The van der Waals surface area contributed by atoms with E-state index < -0.39 is 6.10 Å². The van der Waals surface area contributed by atoms with Gasteiger partial charge in [0, 0.05) is 25.4 Å². The summed E-state index contributed by atoms with van der Waals surface area (Å²) in [6, 6.07) is 3.29. The Bertz CT molecular complexity index is 855. The summed E-state index contributed by atoms with van der Waals surface area (Å²) < 4.78 is 7.37. The van der Waals surface area contributed by atoms with E-state index in [2.05, 4.69) is 28.9 Å². The topological polar surface area (TPSA) is 93.1 Å². The Balaban J connectivity index is 1.78. The molecule has 2 aromatic rings. The Labute approximate surface area is 152 Å². The maximum absolute atomic E-state index is 12.9. The molecule has 0 aliphatic carbocycles. The number of rotatable bonds is 4. The van der Waals surface area contributed by atoms with Crippen molar-refractivity contribution in [3.63, 3.8) is 0 Å². The van der Waals surface area contributed by atoms with Gasteiger partial charge in [0.2, 0.25) is 0 Å². The van der Waals surface area contributed by atoms with Crippen LogP contribution in [0.5, 0.6) is 0 Å². The van der Waals surface area contributed by atoms with Crippen molar-refractivity contribution >= 4 is 5.91 Å². The summed E-state index contributed by atoms with van der Waals surface area (Å²) in [6.45, 7) is 7.24. The van der Waals surface area contributed by atoms with Crippen molar-refractivity contribution in [2.45, 2.75) is 33.3 Å². The van der Waals surface area contributed by atoms with E-state index in [0.717, 1.165) is 12.1 Å². The Hall–Kier alpha value is -2.48. The van der Waals surface area contributed by atoms with Gasteiger partial charge in [0.1, 0.15) is 17.6 Å². The summed E-state index contributed by atoms with van der Waals surface area (Å²) in [5.41, 5.74) is 1.89. The Kier molecular flexibility index (Phi) is 5.22. The van der Waals surface area contributed by atoms with Crippen LogP contribution in [-0.4, -0.2) is 50.3 Å². The maximum atomic E-state index is 12.9. The summed E-state index contributed by atoms with van der Waals surface area (Å²) in [5, 5.41) is 4.45. The smallest absolute Gasteiger partial charge is 0.272 e. The Morgan fingerprint density at radius 1 is 1.42 bits per heavy atom. The average Bonchev–Trinajstić information content (AvgIpc) is 2.93. The van der Waals surface area contributed by atoms with Crippen LogP contribution in [0.25, 0.3) is 0 Å². The zero-order valence-electron chi connectivity index (χ0n) is 15.7. The lowest BCUT2D eigenvalue weighted by Crippen LogP contribution is -2.43. The third-order valence-corrected chi connectivity index (χ3v) is 4.31. The van der Waals surface area contributed by atoms with E-state index in [1.54, 1.807) is 23.6 Å². The zero-order chi connectivity index (χ0) is 18.8. The SMILES string of the molecule is Cc1cc(=O)[nH]c([C@@H]2CN(C(=O)c3cc(CC(C)C)nn3C)CCO2)n1. The number of aromatic nitrogens is 4. The molecule has 3 rings (SSSR count). The van der Waals surface area contributed by atoms with Crippen LogP contribution in [-0.2, 0) is 18.2 Å². The zero-order valence-corrected chi connectivity index (χ0v) is 15.7. The fraction of sp³-hybridized carbons (Fsp3) is 0.556. The van der Waals surface area contributed by atoms with E-state index in [9.17, 15) is 9.59 Å². The summed E-state index contributed by atoms with van der Waals surface area (Å²) in [5.74, 6) is 0.848. The number of amides is 1. The minimum atomic E-state index is -0.441. The van der Waals surface area contributed by atoms with Gasteiger partial charge in [-0.3, -0.25) is 14.3 Å². The molecule has 0 spiro atoms. The molecule has 26 heavy (non-hydrogen) atoms. The van der Waals surface area contributed by atoms with Crippen LogP contribution in [0.2, 0.25) is 0 Å². The summed E-state index contributed by atoms with van der Waals surface area (Å²) >= 11 is 0. The van der Waals surface area contributed by atoms with Crippen molar-refractivity contribution in [1.29, 1.82) is 0 Å². The number of carbonyl (C=O) groups excluding carboxylic acids is 1. The van der Waals surface area contributed by atoms with Gasteiger partial charge < -0.3 is 14.6 Å². The van der Waals surface area contributed by atoms with Crippen molar-refractivity contribution in [2.75, 3.05) is 19.7 Å². The van der Waals surface area contributed by atoms with E-state index in [1.165, 1.54) is 6.07 Å². The standard InChI is InChI=1S/C18H25N5O3/c1-11(2)7-13-9-14(22(4)21-13)18(25)23-5-6-26-15(10-23)17-19-12(3)8-16(24)20-17/h8-9,11,15H,5-7,10H2,1-4H3,(H,19,20,24)/t15-/m0/s1. The number of hydrogen-bond acceptors (Lipinski definition) is 5. The number of nitrogens with one attached hydrogen (secondary N) is 1.